The summed E-state index contributed by atoms with van der Waals surface area (Å²) in [4.78, 5) is 0. The SMILES string of the molecule is COc1cc2c(cc1COS(N)(=O)=O)OCO2. The number of nitrogens with two attached hydrogens (primary N) is 1. The van der Waals surface area contributed by atoms with Crippen LogP contribution < -0.4 is 19.3 Å². The molecule has 7 nitrogen and oxygen atoms in total. The van der Waals surface area contributed by atoms with Crippen molar-refractivity contribution in [3.63, 3.8) is 0 Å². The van der Waals surface area contributed by atoms with Crippen LogP contribution in [0.15, 0.2) is 12.1 Å². The third kappa shape index (κ3) is 2.78. The van der Waals surface area contributed by atoms with E-state index >= 15 is 0 Å². The first-order valence-electron chi connectivity index (χ1n) is 4.63. The largest absolute Gasteiger partial charge is 0.496 e. The Bertz CT molecular complexity index is 527. The molecule has 17 heavy (non-hydrogen) atoms. The van der Waals surface area contributed by atoms with Gasteiger partial charge in [-0.15, -0.1) is 0 Å². The van der Waals surface area contributed by atoms with E-state index in [1.807, 2.05) is 0 Å². The van der Waals surface area contributed by atoms with Crippen molar-refractivity contribution in [2.24, 2.45) is 5.14 Å². The summed E-state index contributed by atoms with van der Waals surface area (Å²) < 4.78 is 41.3. The minimum Gasteiger partial charge on any atom is -0.496 e. The maximum absolute atomic E-state index is 10.7. The van der Waals surface area contributed by atoms with Crippen LogP contribution >= 0.6 is 0 Å². The fourth-order valence-electron chi connectivity index (χ4n) is 1.41. The Morgan fingerprint density at radius 1 is 1.35 bits per heavy atom. The number of hydrogen-bond donors (Lipinski definition) is 1. The Labute approximate surface area is 98.3 Å². The average Bonchev–Trinajstić information content (AvgIpc) is 2.70. The predicted molar refractivity (Wildman–Crippen MR) is 57.0 cm³/mol. The standard InChI is InChI=1S/C9H11NO6S/c1-13-7-3-9-8(14-5-15-9)2-6(7)4-16-17(10,11)12/h2-3H,4-5H2,1H3,(H2,10,11,12). The molecule has 1 aromatic rings. The Morgan fingerprint density at radius 2 is 2.00 bits per heavy atom. The molecule has 1 heterocycles. The van der Waals surface area contributed by atoms with Gasteiger partial charge in [-0.3, -0.25) is 4.18 Å². The monoisotopic (exact) mass is 261 g/mol. The van der Waals surface area contributed by atoms with Gasteiger partial charge in [0.2, 0.25) is 6.79 Å². The van der Waals surface area contributed by atoms with E-state index in [0.29, 0.717) is 22.8 Å². The van der Waals surface area contributed by atoms with Crippen molar-refractivity contribution < 1.29 is 26.8 Å². The normalized spacial score (nSPS) is 13.8. The highest BCUT2D eigenvalue weighted by Crippen LogP contribution is 2.38. The van der Waals surface area contributed by atoms with E-state index in [0.717, 1.165) is 0 Å². The maximum atomic E-state index is 10.7. The first kappa shape index (κ1) is 12.0. The molecule has 0 radical (unpaired) electrons. The molecule has 94 valence electrons. The van der Waals surface area contributed by atoms with E-state index in [2.05, 4.69) is 4.18 Å². The molecule has 0 amide bonds. The van der Waals surface area contributed by atoms with Gasteiger partial charge >= 0.3 is 10.3 Å². The Kier molecular flexibility index (Phi) is 3.09. The van der Waals surface area contributed by atoms with E-state index in [1.165, 1.54) is 7.11 Å². The number of ether oxygens (including phenoxy) is 3. The summed E-state index contributed by atoms with van der Waals surface area (Å²) in [6.45, 7) is -0.101. The van der Waals surface area contributed by atoms with Crippen molar-refractivity contribution in [3.8, 4) is 17.2 Å². The van der Waals surface area contributed by atoms with Crippen molar-refractivity contribution in [1.82, 2.24) is 0 Å². The Hall–Kier alpha value is -1.51. The zero-order chi connectivity index (χ0) is 12.5. The molecule has 0 atom stereocenters. The number of hydrogen-bond acceptors (Lipinski definition) is 6. The van der Waals surface area contributed by atoms with Crippen LogP contribution in [-0.4, -0.2) is 22.3 Å². The Balaban J connectivity index is 2.26. The van der Waals surface area contributed by atoms with Crippen LogP contribution in [-0.2, 0) is 21.1 Å². The number of rotatable bonds is 4. The summed E-state index contributed by atoms with van der Waals surface area (Å²) in [5.74, 6) is 1.50. The summed E-state index contributed by atoms with van der Waals surface area (Å²) in [5.41, 5.74) is 0.505. The molecule has 1 aromatic carbocycles. The lowest BCUT2D eigenvalue weighted by atomic mass is 10.2. The summed E-state index contributed by atoms with van der Waals surface area (Å²) in [7, 11) is -2.53. The number of fused-ring (bicyclic) bond motifs is 1. The first-order valence-corrected chi connectivity index (χ1v) is 6.10. The summed E-state index contributed by atoms with van der Waals surface area (Å²) in [5, 5.41) is 4.74. The van der Waals surface area contributed by atoms with Gasteiger partial charge in [-0.05, 0) is 6.07 Å². The average molecular weight is 261 g/mol. The zero-order valence-electron chi connectivity index (χ0n) is 9.00. The van der Waals surface area contributed by atoms with Gasteiger partial charge < -0.3 is 14.2 Å². The van der Waals surface area contributed by atoms with E-state index in [4.69, 9.17) is 19.3 Å². The van der Waals surface area contributed by atoms with Crippen molar-refractivity contribution in [2.45, 2.75) is 6.61 Å². The highest BCUT2D eigenvalue weighted by molar-refractivity contribution is 7.84. The predicted octanol–water partition coefficient (Wildman–Crippen LogP) is 0.144. The lowest BCUT2D eigenvalue weighted by molar-refractivity contribution is 0.173. The van der Waals surface area contributed by atoms with Gasteiger partial charge in [-0.25, -0.2) is 5.14 Å². The van der Waals surface area contributed by atoms with E-state index in [-0.39, 0.29) is 13.4 Å². The van der Waals surface area contributed by atoms with Gasteiger partial charge in [-0.1, -0.05) is 0 Å². The van der Waals surface area contributed by atoms with Crippen molar-refractivity contribution in [1.29, 1.82) is 0 Å². The van der Waals surface area contributed by atoms with Crippen LogP contribution in [0, 0.1) is 0 Å². The number of methoxy groups -OCH3 is 1. The lowest BCUT2D eigenvalue weighted by Crippen LogP contribution is -2.15. The van der Waals surface area contributed by atoms with Crippen LogP contribution in [0.3, 0.4) is 0 Å². The quantitative estimate of drug-likeness (QED) is 0.828. The smallest absolute Gasteiger partial charge is 0.333 e. The van der Waals surface area contributed by atoms with Crippen LogP contribution in [0.1, 0.15) is 5.56 Å². The topological polar surface area (TPSA) is 97.1 Å². The Morgan fingerprint density at radius 3 is 2.59 bits per heavy atom. The molecule has 2 N–H and O–H groups in total. The van der Waals surface area contributed by atoms with Gasteiger partial charge in [0, 0.05) is 11.6 Å². The minimum atomic E-state index is -3.99. The molecular weight excluding hydrogens is 250 g/mol. The fraction of sp³-hybridized carbons (Fsp3) is 0.333. The van der Waals surface area contributed by atoms with Gasteiger partial charge in [0.05, 0.1) is 13.7 Å². The zero-order valence-corrected chi connectivity index (χ0v) is 9.82. The molecular formula is C9H11NO6S. The summed E-state index contributed by atoms with van der Waals surface area (Å²) >= 11 is 0. The molecule has 0 fully saturated rings. The van der Waals surface area contributed by atoms with Crippen LogP contribution in [0.4, 0.5) is 0 Å². The summed E-state index contributed by atoms with van der Waals surface area (Å²) in [6.07, 6.45) is 0. The second-order valence-electron chi connectivity index (χ2n) is 3.27. The van der Waals surface area contributed by atoms with E-state index < -0.39 is 10.3 Å². The molecule has 0 aromatic heterocycles. The van der Waals surface area contributed by atoms with Crippen molar-refractivity contribution in [3.05, 3.63) is 17.7 Å². The van der Waals surface area contributed by atoms with Crippen molar-refractivity contribution >= 4 is 10.3 Å². The van der Waals surface area contributed by atoms with Crippen LogP contribution in [0.2, 0.25) is 0 Å². The molecule has 0 saturated carbocycles. The van der Waals surface area contributed by atoms with Gasteiger partial charge in [0.15, 0.2) is 11.5 Å². The van der Waals surface area contributed by atoms with Gasteiger partial charge in [0.1, 0.15) is 5.75 Å². The molecule has 1 aliphatic rings. The number of benzene rings is 1. The third-order valence-corrected chi connectivity index (χ3v) is 2.60. The van der Waals surface area contributed by atoms with Crippen LogP contribution in [0.25, 0.3) is 0 Å². The summed E-state index contributed by atoms with van der Waals surface area (Å²) in [6, 6.07) is 3.19. The highest BCUT2D eigenvalue weighted by Gasteiger charge is 2.18. The van der Waals surface area contributed by atoms with Crippen molar-refractivity contribution in [2.75, 3.05) is 13.9 Å². The van der Waals surface area contributed by atoms with Gasteiger partial charge in [-0.2, -0.15) is 8.42 Å². The molecule has 0 unspecified atom stereocenters. The first-order chi connectivity index (χ1) is 7.99. The molecule has 8 heteroatoms. The second kappa shape index (κ2) is 4.40. The second-order valence-corrected chi connectivity index (χ2v) is 4.49. The molecule has 0 aliphatic carbocycles. The fourth-order valence-corrected chi connectivity index (χ4v) is 1.71. The molecule has 2 rings (SSSR count). The highest BCUT2D eigenvalue weighted by atomic mass is 32.2. The minimum absolute atomic E-state index is 0.123. The lowest BCUT2D eigenvalue weighted by Gasteiger charge is -2.09. The molecule has 0 bridgehead atoms. The van der Waals surface area contributed by atoms with E-state index in [9.17, 15) is 8.42 Å². The third-order valence-electron chi connectivity index (χ3n) is 2.15. The molecule has 0 spiro atoms. The van der Waals surface area contributed by atoms with Gasteiger partial charge in [0.25, 0.3) is 0 Å². The van der Waals surface area contributed by atoms with E-state index in [1.54, 1.807) is 12.1 Å². The van der Waals surface area contributed by atoms with Crippen LogP contribution in [0.5, 0.6) is 17.2 Å². The molecule has 0 saturated heterocycles. The maximum Gasteiger partial charge on any atom is 0.333 e. The molecule has 1 aliphatic heterocycles.